The molecule has 4 N–H and O–H groups in total. The number of aliphatic carboxylic acids is 1. The fraction of sp³-hybridized carbons (Fsp3) is 0.909. The summed E-state index contributed by atoms with van der Waals surface area (Å²) in [5.74, 6) is -1.03. The van der Waals surface area contributed by atoms with Gasteiger partial charge in [0.1, 0.15) is 6.04 Å². The van der Waals surface area contributed by atoms with E-state index >= 15 is 0 Å². The summed E-state index contributed by atoms with van der Waals surface area (Å²) in [7, 11) is 0. The molecule has 17 heavy (non-hydrogen) atoms. The van der Waals surface area contributed by atoms with Gasteiger partial charge in [0.05, 0.1) is 6.61 Å². The van der Waals surface area contributed by atoms with Gasteiger partial charge in [0.15, 0.2) is 0 Å². The molecular formula is C11H24N2O4. The maximum absolute atomic E-state index is 10.6. The predicted octanol–water partition coefficient (Wildman–Crippen LogP) is 0.293. The molecule has 0 heterocycles. The van der Waals surface area contributed by atoms with Gasteiger partial charge in [-0.1, -0.05) is 6.92 Å². The van der Waals surface area contributed by atoms with Crippen molar-refractivity contribution in [1.29, 1.82) is 0 Å². The zero-order chi connectivity index (χ0) is 13.1. The third-order valence-electron chi connectivity index (χ3n) is 2.63. The van der Waals surface area contributed by atoms with Gasteiger partial charge in [-0.25, -0.2) is 0 Å². The molecule has 0 unspecified atom stereocenters. The Morgan fingerprint density at radius 2 is 2.00 bits per heavy atom. The molecule has 0 spiro atoms. The smallest absolute Gasteiger partial charge is 0.323 e. The standard InChI is InChI=1S/C11H24N2O4/c1-2-6-13(8-9-14)7-4-3-5-10(12-17)11(15)16/h10,12,14,17H,2-9H2,1H3,(H,15,16)/t10-/m0/s1. The molecule has 0 aromatic rings. The molecule has 0 radical (unpaired) electrons. The van der Waals surface area contributed by atoms with Crippen LogP contribution in [0.2, 0.25) is 0 Å². The number of hydrogen-bond acceptors (Lipinski definition) is 5. The number of hydroxylamine groups is 1. The lowest BCUT2D eigenvalue weighted by molar-refractivity contribution is -0.142. The van der Waals surface area contributed by atoms with Crippen molar-refractivity contribution in [3.05, 3.63) is 0 Å². The number of unbranched alkanes of at least 4 members (excludes halogenated alkanes) is 1. The largest absolute Gasteiger partial charge is 0.480 e. The van der Waals surface area contributed by atoms with Gasteiger partial charge >= 0.3 is 5.97 Å². The summed E-state index contributed by atoms with van der Waals surface area (Å²) < 4.78 is 0. The molecule has 0 aliphatic carbocycles. The van der Waals surface area contributed by atoms with Crippen LogP contribution in [0, 0.1) is 0 Å². The normalized spacial score (nSPS) is 12.9. The van der Waals surface area contributed by atoms with Crippen LogP contribution in [0.15, 0.2) is 0 Å². The van der Waals surface area contributed by atoms with E-state index in [-0.39, 0.29) is 6.61 Å². The van der Waals surface area contributed by atoms with Crippen LogP contribution in [-0.2, 0) is 4.79 Å². The van der Waals surface area contributed by atoms with E-state index < -0.39 is 12.0 Å². The molecule has 0 aliphatic heterocycles. The summed E-state index contributed by atoms with van der Waals surface area (Å²) in [6.07, 6.45) is 3.04. The van der Waals surface area contributed by atoms with Crippen molar-refractivity contribution >= 4 is 5.97 Å². The van der Waals surface area contributed by atoms with Gasteiger partial charge < -0.3 is 20.3 Å². The summed E-state index contributed by atoms with van der Waals surface area (Å²) in [6.45, 7) is 4.69. The molecular weight excluding hydrogens is 224 g/mol. The fourth-order valence-electron chi connectivity index (χ4n) is 1.72. The summed E-state index contributed by atoms with van der Waals surface area (Å²) in [6, 6.07) is -0.882. The maximum Gasteiger partial charge on any atom is 0.323 e. The molecule has 102 valence electrons. The zero-order valence-electron chi connectivity index (χ0n) is 10.4. The van der Waals surface area contributed by atoms with E-state index in [2.05, 4.69) is 11.8 Å². The lowest BCUT2D eigenvalue weighted by atomic mass is 10.1. The van der Waals surface area contributed by atoms with Gasteiger partial charge in [0.25, 0.3) is 0 Å². The lowest BCUT2D eigenvalue weighted by Crippen LogP contribution is -2.34. The van der Waals surface area contributed by atoms with E-state index in [4.69, 9.17) is 15.4 Å². The van der Waals surface area contributed by atoms with Crippen LogP contribution in [0.4, 0.5) is 0 Å². The summed E-state index contributed by atoms with van der Waals surface area (Å²) in [4.78, 5) is 12.8. The third-order valence-corrected chi connectivity index (χ3v) is 2.63. The number of hydrogen-bond donors (Lipinski definition) is 4. The van der Waals surface area contributed by atoms with Crippen molar-refractivity contribution in [3.63, 3.8) is 0 Å². The van der Waals surface area contributed by atoms with Gasteiger partial charge in [-0.05, 0) is 38.8 Å². The third kappa shape index (κ3) is 8.09. The molecule has 0 fully saturated rings. The Morgan fingerprint density at radius 3 is 2.47 bits per heavy atom. The second kappa shape index (κ2) is 10.5. The van der Waals surface area contributed by atoms with Crippen LogP contribution < -0.4 is 5.48 Å². The summed E-state index contributed by atoms with van der Waals surface area (Å²) in [5, 5.41) is 26.1. The number of aliphatic hydroxyl groups excluding tert-OH is 1. The van der Waals surface area contributed by atoms with Crippen LogP contribution in [0.1, 0.15) is 32.6 Å². The minimum atomic E-state index is -1.03. The Hall–Kier alpha value is -0.690. The van der Waals surface area contributed by atoms with Crippen molar-refractivity contribution < 1.29 is 20.2 Å². The van der Waals surface area contributed by atoms with E-state index in [1.807, 2.05) is 0 Å². The molecule has 0 aromatic carbocycles. The first-order valence-corrected chi connectivity index (χ1v) is 6.11. The molecule has 6 nitrogen and oxygen atoms in total. The topological polar surface area (TPSA) is 93.0 Å². The molecule has 0 rings (SSSR count). The van der Waals surface area contributed by atoms with Gasteiger partial charge in [0.2, 0.25) is 0 Å². The Labute approximate surface area is 102 Å². The molecule has 1 atom stereocenters. The number of aliphatic hydroxyl groups is 1. The second-order valence-corrected chi connectivity index (χ2v) is 4.08. The minimum absolute atomic E-state index is 0.149. The maximum atomic E-state index is 10.6. The highest BCUT2D eigenvalue weighted by molar-refractivity contribution is 5.73. The van der Waals surface area contributed by atoms with Crippen molar-refractivity contribution in [2.75, 3.05) is 26.2 Å². The van der Waals surface area contributed by atoms with Crippen molar-refractivity contribution in [2.45, 2.75) is 38.6 Å². The van der Waals surface area contributed by atoms with E-state index in [9.17, 15) is 4.79 Å². The number of carboxylic acids is 1. The highest BCUT2D eigenvalue weighted by Gasteiger charge is 2.15. The molecule has 0 saturated carbocycles. The molecule has 0 aromatic heterocycles. The first kappa shape index (κ1) is 16.3. The van der Waals surface area contributed by atoms with Gasteiger partial charge in [-0.3, -0.25) is 4.79 Å². The minimum Gasteiger partial charge on any atom is -0.480 e. The second-order valence-electron chi connectivity index (χ2n) is 4.08. The molecule has 0 saturated heterocycles. The first-order chi connectivity index (χ1) is 8.15. The van der Waals surface area contributed by atoms with E-state index in [0.29, 0.717) is 13.0 Å². The molecule has 0 amide bonds. The van der Waals surface area contributed by atoms with Crippen LogP contribution in [0.3, 0.4) is 0 Å². The van der Waals surface area contributed by atoms with E-state index in [1.54, 1.807) is 5.48 Å². The number of carbonyl (C=O) groups is 1. The van der Waals surface area contributed by atoms with Crippen LogP contribution in [0.25, 0.3) is 0 Å². The summed E-state index contributed by atoms with van der Waals surface area (Å²) in [5.41, 5.74) is 1.79. The average molecular weight is 248 g/mol. The number of nitrogens with one attached hydrogen (secondary N) is 1. The van der Waals surface area contributed by atoms with Crippen LogP contribution >= 0.6 is 0 Å². The average Bonchev–Trinajstić information content (AvgIpc) is 2.29. The van der Waals surface area contributed by atoms with E-state index in [1.165, 1.54) is 0 Å². The molecule has 0 aliphatic rings. The van der Waals surface area contributed by atoms with E-state index in [0.717, 1.165) is 32.4 Å². The van der Waals surface area contributed by atoms with Gasteiger partial charge in [0, 0.05) is 6.54 Å². The lowest BCUT2D eigenvalue weighted by Gasteiger charge is -2.20. The number of nitrogens with zero attached hydrogens (tertiary/aromatic N) is 1. The quantitative estimate of drug-likeness (QED) is 0.310. The molecule has 0 bridgehead atoms. The van der Waals surface area contributed by atoms with Gasteiger partial charge in [-0.15, -0.1) is 0 Å². The monoisotopic (exact) mass is 248 g/mol. The van der Waals surface area contributed by atoms with Gasteiger partial charge in [-0.2, -0.15) is 5.48 Å². The van der Waals surface area contributed by atoms with Crippen molar-refractivity contribution in [1.82, 2.24) is 10.4 Å². The van der Waals surface area contributed by atoms with Crippen LogP contribution in [0.5, 0.6) is 0 Å². The fourth-order valence-corrected chi connectivity index (χ4v) is 1.72. The SMILES string of the molecule is CCCN(CCO)CCCC[C@H](NO)C(=O)O. The number of rotatable bonds is 11. The Morgan fingerprint density at radius 1 is 1.29 bits per heavy atom. The Kier molecular flexibility index (Phi) is 10.0. The predicted molar refractivity (Wildman–Crippen MR) is 64.0 cm³/mol. The zero-order valence-corrected chi connectivity index (χ0v) is 10.4. The Bertz CT molecular complexity index is 196. The highest BCUT2D eigenvalue weighted by Crippen LogP contribution is 2.03. The highest BCUT2D eigenvalue weighted by atomic mass is 16.5. The Balaban J connectivity index is 3.69. The van der Waals surface area contributed by atoms with Crippen molar-refractivity contribution in [2.24, 2.45) is 0 Å². The van der Waals surface area contributed by atoms with Crippen molar-refractivity contribution in [3.8, 4) is 0 Å². The summed E-state index contributed by atoms with van der Waals surface area (Å²) >= 11 is 0. The van der Waals surface area contributed by atoms with Crippen LogP contribution in [-0.4, -0.2) is 58.6 Å². The first-order valence-electron chi connectivity index (χ1n) is 6.11. The number of carboxylic acid groups (broad SMARTS) is 1. The molecule has 6 heteroatoms.